The number of carbonyl (C=O) groups is 7. The molecule has 15 heteroatoms. The normalized spacial score (nSPS) is 17.6. The first-order valence-corrected chi connectivity index (χ1v) is 22.1. The minimum Gasteiger partial charge on any atom is -0.507 e. The maximum Gasteiger partial charge on any atom is 0.326 e. The van der Waals surface area contributed by atoms with Gasteiger partial charge in [-0.1, -0.05) is 97.1 Å². The number of aliphatic hydroxyl groups is 1. The smallest absolute Gasteiger partial charge is 0.326 e. The number of hydrogen-bond donors (Lipinski definition) is 7. The van der Waals surface area contributed by atoms with Gasteiger partial charge in [0.2, 0.25) is 23.6 Å². The molecule has 4 amide bonds. The molecule has 0 radical (unpaired) electrons. The number of phenols is 2. The number of unbranched alkanes of at least 4 members (excludes halogenated alkanes) is 9. The standard InChI is InChI=1S/C47H68N4O11/c1-29(2)16-14-12-10-8-6-7-9-11-13-15-17-43(58)51(5)37(28-52)46(60)48-31(4)38(53)22-23-42(57)50-44-33-19-21-40(55)35(27-33)34-25-32(18-20-39(34)54)26-36(47(61)62)49-45(59)30(3)24-41(44)56/h18-21,25,27,29-31,36-37,44,52,54-55H,6-17,22-24,26,28H2,1-5H3,(H,48,60)(H,49,59)(H,50,57)(H,61,62)/t30-,31-,36+,37-,44+/m1/s1. The highest BCUT2D eigenvalue weighted by Crippen LogP contribution is 2.38. The van der Waals surface area contributed by atoms with Gasteiger partial charge in [0.05, 0.1) is 12.6 Å². The number of rotatable bonds is 23. The molecule has 342 valence electrons. The number of ketones is 2. The largest absolute Gasteiger partial charge is 0.507 e. The summed E-state index contributed by atoms with van der Waals surface area (Å²) in [5.74, 6) is -5.66. The van der Waals surface area contributed by atoms with Crippen LogP contribution >= 0.6 is 0 Å². The van der Waals surface area contributed by atoms with E-state index < -0.39 is 84.8 Å². The fourth-order valence-corrected chi connectivity index (χ4v) is 7.54. The second-order valence-electron chi connectivity index (χ2n) is 17.2. The zero-order chi connectivity index (χ0) is 45.9. The summed E-state index contributed by atoms with van der Waals surface area (Å²) in [7, 11) is 1.43. The van der Waals surface area contributed by atoms with Crippen LogP contribution in [0.2, 0.25) is 0 Å². The lowest BCUT2D eigenvalue weighted by Gasteiger charge is -2.27. The van der Waals surface area contributed by atoms with Gasteiger partial charge >= 0.3 is 5.97 Å². The number of aromatic hydroxyl groups is 2. The van der Waals surface area contributed by atoms with E-state index in [0.717, 1.165) is 25.2 Å². The average molecular weight is 865 g/mol. The van der Waals surface area contributed by atoms with Gasteiger partial charge in [0.1, 0.15) is 29.6 Å². The van der Waals surface area contributed by atoms with Crippen molar-refractivity contribution in [3.63, 3.8) is 0 Å². The van der Waals surface area contributed by atoms with Crippen molar-refractivity contribution in [2.45, 2.75) is 155 Å². The molecule has 1 heterocycles. The lowest BCUT2D eigenvalue weighted by atomic mass is 9.90. The molecule has 1 aliphatic rings. The monoisotopic (exact) mass is 864 g/mol. The Bertz CT molecular complexity index is 1860. The third-order valence-corrected chi connectivity index (χ3v) is 11.5. The van der Waals surface area contributed by atoms with E-state index in [9.17, 15) is 54.0 Å². The molecule has 0 aliphatic carbocycles. The lowest BCUT2D eigenvalue weighted by molar-refractivity contribution is -0.142. The summed E-state index contributed by atoms with van der Waals surface area (Å²) in [5.41, 5.74) is 0.865. The summed E-state index contributed by atoms with van der Waals surface area (Å²) in [6.07, 6.45) is 11.4. The molecule has 0 fully saturated rings. The molecule has 0 saturated heterocycles. The van der Waals surface area contributed by atoms with Crippen LogP contribution in [0, 0.1) is 11.8 Å². The molecule has 1 aliphatic heterocycles. The van der Waals surface area contributed by atoms with Crippen molar-refractivity contribution in [3.05, 3.63) is 47.5 Å². The number of benzene rings is 2. The van der Waals surface area contributed by atoms with Crippen molar-refractivity contribution >= 4 is 41.2 Å². The van der Waals surface area contributed by atoms with Crippen molar-refractivity contribution in [2.75, 3.05) is 13.7 Å². The van der Waals surface area contributed by atoms with E-state index in [-0.39, 0.29) is 53.4 Å². The molecule has 0 aromatic heterocycles. The molecule has 5 atom stereocenters. The predicted octanol–water partition coefficient (Wildman–Crippen LogP) is 5.65. The van der Waals surface area contributed by atoms with E-state index in [0.29, 0.717) is 12.0 Å². The van der Waals surface area contributed by atoms with Gasteiger partial charge in [0.15, 0.2) is 11.6 Å². The summed E-state index contributed by atoms with van der Waals surface area (Å²) in [6.45, 7) is 6.72. The molecule has 2 aromatic carbocycles. The molecule has 7 N–H and O–H groups in total. The van der Waals surface area contributed by atoms with Gasteiger partial charge in [-0.3, -0.25) is 28.8 Å². The molecule has 4 bridgehead atoms. The third-order valence-electron chi connectivity index (χ3n) is 11.5. The van der Waals surface area contributed by atoms with E-state index in [4.69, 9.17) is 0 Å². The number of nitrogens with zero attached hydrogens (tertiary/aromatic N) is 1. The quantitative estimate of drug-likeness (QED) is 0.0674. The minimum atomic E-state index is -1.37. The molecular formula is C47H68N4O11. The minimum absolute atomic E-state index is 0.0994. The van der Waals surface area contributed by atoms with Gasteiger partial charge in [-0.15, -0.1) is 0 Å². The lowest BCUT2D eigenvalue weighted by Crippen LogP contribution is -2.53. The Labute approximate surface area is 365 Å². The Hall–Kier alpha value is -5.31. The number of aliphatic carboxylic acids is 1. The first-order chi connectivity index (χ1) is 29.4. The van der Waals surface area contributed by atoms with Crippen molar-refractivity contribution < 1.29 is 54.0 Å². The van der Waals surface area contributed by atoms with E-state index in [1.807, 2.05) is 0 Å². The van der Waals surface area contributed by atoms with Gasteiger partial charge < -0.3 is 41.3 Å². The van der Waals surface area contributed by atoms with Gasteiger partial charge in [0.25, 0.3) is 0 Å². The molecule has 62 heavy (non-hydrogen) atoms. The molecule has 0 unspecified atom stereocenters. The van der Waals surface area contributed by atoms with Crippen molar-refractivity contribution in [3.8, 4) is 22.6 Å². The van der Waals surface area contributed by atoms with Crippen LogP contribution in [0.15, 0.2) is 36.4 Å². The zero-order valence-corrected chi connectivity index (χ0v) is 37.0. The SMILES string of the molecule is CC(C)CCCCCCCCCCCCC(=O)N(C)[C@H](CO)C(=O)N[C@H](C)C(=O)CCC(=O)N[C@@H]1C(=O)C[C@@H](C)C(=O)N[C@H](C(=O)O)Cc2ccc(O)c(c2)-c2cc1ccc2O. The number of amides is 4. The Morgan fingerprint density at radius 1 is 0.790 bits per heavy atom. The van der Waals surface area contributed by atoms with E-state index in [2.05, 4.69) is 29.8 Å². The molecule has 15 nitrogen and oxygen atoms in total. The molecule has 3 rings (SSSR count). The summed E-state index contributed by atoms with van der Waals surface area (Å²) >= 11 is 0. The predicted molar refractivity (Wildman–Crippen MR) is 234 cm³/mol. The topological polar surface area (TPSA) is 240 Å². The number of phenolic OH excluding ortho intramolecular Hbond substituents is 2. The average Bonchev–Trinajstić information content (AvgIpc) is 3.22. The molecule has 0 saturated carbocycles. The van der Waals surface area contributed by atoms with E-state index in [1.165, 1.54) is 107 Å². The maximum absolute atomic E-state index is 13.8. The van der Waals surface area contributed by atoms with Crippen molar-refractivity contribution in [1.82, 2.24) is 20.9 Å². The fourth-order valence-electron chi connectivity index (χ4n) is 7.54. The second-order valence-corrected chi connectivity index (χ2v) is 17.2. The van der Waals surface area contributed by atoms with E-state index >= 15 is 0 Å². The summed E-state index contributed by atoms with van der Waals surface area (Å²) in [5, 5.41) is 49.0. The first-order valence-electron chi connectivity index (χ1n) is 22.1. The van der Waals surface area contributed by atoms with Gasteiger partial charge in [-0.25, -0.2) is 4.79 Å². The van der Waals surface area contributed by atoms with Crippen molar-refractivity contribution in [2.24, 2.45) is 11.8 Å². The third kappa shape index (κ3) is 16.2. The van der Waals surface area contributed by atoms with Crippen LogP contribution in [0.1, 0.15) is 141 Å². The van der Waals surface area contributed by atoms with Crippen LogP contribution < -0.4 is 16.0 Å². The number of aliphatic hydroxyl groups excluding tert-OH is 1. The highest BCUT2D eigenvalue weighted by Gasteiger charge is 2.32. The summed E-state index contributed by atoms with van der Waals surface area (Å²) in [4.78, 5) is 92.6. The highest BCUT2D eigenvalue weighted by atomic mass is 16.4. The second kappa shape index (κ2) is 25.6. The number of Topliss-reactive ketones (excluding diaryl/α,β-unsaturated/α-hetero) is 2. The number of nitrogens with one attached hydrogen (secondary N) is 3. The summed E-state index contributed by atoms with van der Waals surface area (Å²) in [6, 6.07) is 3.33. The fraction of sp³-hybridized carbons (Fsp3) is 0.596. The Morgan fingerprint density at radius 2 is 1.37 bits per heavy atom. The Kier molecular flexibility index (Phi) is 21.1. The number of carboxylic acids is 1. The van der Waals surface area contributed by atoms with Crippen LogP contribution in [-0.4, -0.2) is 98.3 Å². The zero-order valence-electron chi connectivity index (χ0n) is 37.0. The van der Waals surface area contributed by atoms with Crippen LogP contribution in [0.5, 0.6) is 11.5 Å². The summed E-state index contributed by atoms with van der Waals surface area (Å²) < 4.78 is 0. The maximum atomic E-state index is 13.8. The van der Waals surface area contributed by atoms with E-state index in [1.54, 1.807) is 0 Å². The number of fused-ring (bicyclic) bond motifs is 5. The highest BCUT2D eigenvalue weighted by molar-refractivity contribution is 5.96. The van der Waals surface area contributed by atoms with Crippen LogP contribution in [-0.2, 0) is 40.0 Å². The van der Waals surface area contributed by atoms with Gasteiger partial charge in [0, 0.05) is 56.2 Å². The van der Waals surface area contributed by atoms with Crippen LogP contribution in [0.3, 0.4) is 0 Å². The number of likely N-dealkylation sites (N-methyl/N-ethyl adjacent to an activating group) is 1. The van der Waals surface area contributed by atoms with Crippen molar-refractivity contribution in [1.29, 1.82) is 0 Å². The number of carbonyl (C=O) groups excluding carboxylic acids is 6. The number of carboxylic acid groups (broad SMARTS) is 1. The Balaban J connectivity index is 1.57. The molecule has 0 spiro atoms. The number of hydrogen-bond acceptors (Lipinski definition) is 10. The van der Waals surface area contributed by atoms with Gasteiger partial charge in [-0.05, 0) is 54.7 Å². The first kappa shape index (κ1) is 51.0. The molecular weight excluding hydrogens is 797 g/mol. The van der Waals surface area contributed by atoms with Gasteiger partial charge in [-0.2, -0.15) is 0 Å². The molecule has 2 aromatic rings. The Morgan fingerprint density at radius 3 is 1.97 bits per heavy atom. The van der Waals surface area contributed by atoms with Crippen LogP contribution in [0.25, 0.3) is 11.1 Å². The van der Waals surface area contributed by atoms with Crippen LogP contribution in [0.4, 0.5) is 0 Å².